The van der Waals surface area contributed by atoms with E-state index in [4.69, 9.17) is 4.98 Å². The molecular formula is C21H21N5O. The Kier molecular flexibility index (Phi) is 5.62. The number of amides is 1. The zero-order valence-electron chi connectivity index (χ0n) is 15.4. The number of anilines is 1. The Hall–Kier alpha value is -3.46. The third-order valence-corrected chi connectivity index (χ3v) is 4.08. The lowest BCUT2D eigenvalue weighted by Gasteiger charge is -2.13. The monoisotopic (exact) mass is 359 g/mol. The molecule has 2 aromatic carbocycles. The van der Waals surface area contributed by atoms with Crippen molar-refractivity contribution in [2.45, 2.75) is 13.8 Å². The fourth-order valence-electron chi connectivity index (χ4n) is 2.63. The van der Waals surface area contributed by atoms with E-state index in [-0.39, 0.29) is 11.8 Å². The maximum atomic E-state index is 11.7. The normalized spacial score (nSPS) is 10.6. The van der Waals surface area contributed by atoms with Crippen molar-refractivity contribution >= 4 is 22.8 Å². The van der Waals surface area contributed by atoms with Gasteiger partial charge in [-0.3, -0.25) is 4.79 Å². The Morgan fingerprint density at radius 3 is 2.52 bits per heavy atom. The molecule has 136 valence electrons. The van der Waals surface area contributed by atoms with Crippen LogP contribution in [0.5, 0.6) is 0 Å². The summed E-state index contributed by atoms with van der Waals surface area (Å²) in [6.45, 7) is 4.73. The summed E-state index contributed by atoms with van der Waals surface area (Å²) >= 11 is 0. The van der Waals surface area contributed by atoms with Crippen LogP contribution in [-0.4, -0.2) is 29.0 Å². The SMILES string of the molecule is CC(C)C(=O)NCCNc1nc2ccccc2nc1-c1cccc(C#N)c1. The van der Waals surface area contributed by atoms with Crippen molar-refractivity contribution in [3.8, 4) is 17.3 Å². The van der Waals surface area contributed by atoms with Crippen LogP contribution in [0.15, 0.2) is 48.5 Å². The molecule has 6 heteroatoms. The lowest BCUT2D eigenvalue weighted by molar-refractivity contribution is -0.123. The molecule has 2 N–H and O–H groups in total. The van der Waals surface area contributed by atoms with Crippen LogP contribution in [0.3, 0.4) is 0 Å². The number of carbonyl (C=O) groups excluding carboxylic acids is 1. The van der Waals surface area contributed by atoms with Crippen molar-refractivity contribution in [2.75, 3.05) is 18.4 Å². The van der Waals surface area contributed by atoms with Gasteiger partial charge in [-0.25, -0.2) is 9.97 Å². The first-order valence-corrected chi connectivity index (χ1v) is 8.87. The lowest BCUT2D eigenvalue weighted by Crippen LogP contribution is -2.32. The van der Waals surface area contributed by atoms with E-state index in [1.807, 2.05) is 50.2 Å². The van der Waals surface area contributed by atoms with Crippen molar-refractivity contribution in [3.63, 3.8) is 0 Å². The highest BCUT2D eigenvalue weighted by Gasteiger charge is 2.12. The quantitative estimate of drug-likeness (QED) is 0.659. The summed E-state index contributed by atoms with van der Waals surface area (Å²) in [7, 11) is 0. The number of benzene rings is 2. The van der Waals surface area contributed by atoms with Crippen molar-refractivity contribution < 1.29 is 4.79 Å². The molecular weight excluding hydrogens is 338 g/mol. The molecule has 0 atom stereocenters. The highest BCUT2D eigenvalue weighted by atomic mass is 16.1. The standard InChI is InChI=1S/C21H21N5O/c1-14(2)21(27)24-11-10-23-20-19(16-7-5-6-15(12-16)13-22)25-17-8-3-4-9-18(17)26-20/h3-9,12,14H,10-11H2,1-2H3,(H,23,26)(H,24,27). The van der Waals surface area contributed by atoms with Crippen molar-refractivity contribution in [3.05, 3.63) is 54.1 Å². The topological polar surface area (TPSA) is 90.7 Å². The Morgan fingerprint density at radius 2 is 1.81 bits per heavy atom. The first kappa shape index (κ1) is 18.3. The van der Waals surface area contributed by atoms with Gasteiger partial charge in [-0.2, -0.15) is 5.26 Å². The van der Waals surface area contributed by atoms with Crippen LogP contribution in [0.1, 0.15) is 19.4 Å². The van der Waals surface area contributed by atoms with Gasteiger partial charge in [0, 0.05) is 24.6 Å². The molecule has 0 saturated heterocycles. The molecule has 0 bridgehead atoms. The molecule has 0 aliphatic rings. The molecule has 6 nitrogen and oxygen atoms in total. The van der Waals surface area contributed by atoms with Gasteiger partial charge >= 0.3 is 0 Å². The Balaban J connectivity index is 1.90. The molecule has 0 spiro atoms. The molecule has 27 heavy (non-hydrogen) atoms. The molecule has 0 aliphatic heterocycles. The highest BCUT2D eigenvalue weighted by molar-refractivity contribution is 5.83. The van der Waals surface area contributed by atoms with Gasteiger partial charge in [0.15, 0.2) is 5.82 Å². The molecule has 3 aromatic rings. The number of rotatable bonds is 6. The van der Waals surface area contributed by atoms with Crippen molar-refractivity contribution in [1.29, 1.82) is 5.26 Å². The fourth-order valence-corrected chi connectivity index (χ4v) is 2.63. The van der Waals surface area contributed by atoms with Gasteiger partial charge in [0.05, 0.1) is 22.7 Å². The predicted molar refractivity (Wildman–Crippen MR) is 106 cm³/mol. The zero-order chi connectivity index (χ0) is 19.2. The maximum absolute atomic E-state index is 11.7. The molecule has 0 saturated carbocycles. The van der Waals surface area contributed by atoms with Crippen LogP contribution in [-0.2, 0) is 4.79 Å². The Labute approximate surface area is 158 Å². The van der Waals surface area contributed by atoms with E-state index in [2.05, 4.69) is 21.7 Å². The minimum absolute atomic E-state index is 0.0170. The van der Waals surface area contributed by atoms with E-state index >= 15 is 0 Å². The van der Waals surface area contributed by atoms with Crippen LogP contribution in [0, 0.1) is 17.2 Å². The van der Waals surface area contributed by atoms with Gasteiger partial charge in [0.2, 0.25) is 5.91 Å². The average molecular weight is 359 g/mol. The Bertz CT molecular complexity index is 1010. The summed E-state index contributed by atoms with van der Waals surface area (Å²) in [6.07, 6.45) is 0. The summed E-state index contributed by atoms with van der Waals surface area (Å²) in [5.74, 6) is 0.598. The van der Waals surface area contributed by atoms with Gasteiger partial charge < -0.3 is 10.6 Å². The molecule has 1 amide bonds. The third kappa shape index (κ3) is 4.39. The summed E-state index contributed by atoms with van der Waals surface area (Å²) in [5.41, 5.74) is 3.64. The second-order valence-corrected chi connectivity index (χ2v) is 6.47. The summed E-state index contributed by atoms with van der Waals surface area (Å²) in [6, 6.07) is 17.1. The summed E-state index contributed by atoms with van der Waals surface area (Å²) in [4.78, 5) is 21.1. The first-order valence-electron chi connectivity index (χ1n) is 8.87. The first-order chi connectivity index (χ1) is 13.1. The molecule has 0 unspecified atom stereocenters. The minimum atomic E-state index is -0.0465. The number of nitrogens with one attached hydrogen (secondary N) is 2. The van der Waals surface area contributed by atoms with Crippen LogP contribution >= 0.6 is 0 Å². The lowest BCUT2D eigenvalue weighted by atomic mass is 10.1. The van der Waals surface area contributed by atoms with Crippen LogP contribution in [0.2, 0.25) is 0 Å². The van der Waals surface area contributed by atoms with Gasteiger partial charge in [0.1, 0.15) is 5.69 Å². The van der Waals surface area contributed by atoms with Crippen LogP contribution < -0.4 is 10.6 Å². The van der Waals surface area contributed by atoms with E-state index in [0.29, 0.717) is 30.2 Å². The van der Waals surface area contributed by atoms with Crippen molar-refractivity contribution in [2.24, 2.45) is 5.92 Å². The second-order valence-electron chi connectivity index (χ2n) is 6.47. The van der Waals surface area contributed by atoms with Crippen molar-refractivity contribution in [1.82, 2.24) is 15.3 Å². The molecule has 0 fully saturated rings. The Morgan fingerprint density at radius 1 is 1.07 bits per heavy atom. The highest BCUT2D eigenvalue weighted by Crippen LogP contribution is 2.27. The third-order valence-electron chi connectivity index (χ3n) is 4.08. The van der Waals surface area contributed by atoms with Gasteiger partial charge in [-0.05, 0) is 24.3 Å². The number of carbonyl (C=O) groups is 1. The zero-order valence-corrected chi connectivity index (χ0v) is 15.4. The summed E-state index contributed by atoms with van der Waals surface area (Å²) in [5, 5.41) is 15.3. The number of fused-ring (bicyclic) bond motifs is 1. The smallest absolute Gasteiger partial charge is 0.222 e. The van der Waals surface area contributed by atoms with Gasteiger partial charge in [0.25, 0.3) is 0 Å². The van der Waals surface area contributed by atoms with E-state index in [1.54, 1.807) is 12.1 Å². The number of nitriles is 1. The van der Waals surface area contributed by atoms with E-state index in [1.165, 1.54) is 0 Å². The average Bonchev–Trinajstić information content (AvgIpc) is 2.70. The van der Waals surface area contributed by atoms with Crippen LogP contribution in [0.25, 0.3) is 22.3 Å². The van der Waals surface area contributed by atoms with E-state index in [0.717, 1.165) is 16.6 Å². The number of nitrogens with zero attached hydrogens (tertiary/aromatic N) is 3. The number of hydrogen-bond acceptors (Lipinski definition) is 5. The van der Waals surface area contributed by atoms with Gasteiger partial charge in [-0.15, -0.1) is 0 Å². The maximum Gasteiger partial charge on any atom is 0.222 e. The number of aromatic nitrogens is 2. The summed E-state index contributed by atoms with van der Waals surface area (Å²) < 4.78 is 0. The second kappa shape index (κ2) is 8.28. The van der Waals surface area contributed by atoms with Gasteiger partial charge in [-0.1, -0.05) is 38.1 Å². The fraction of sp³-hybridized carbons (Fsp3) is 0.238. The minimum Gasteiger partial charge on any atom is -0.366 e. The molecule has 1 heterocycles. The molecule has 3 rings (SSSR count). The number of hydrogen-bond donors (Lipinski definition) is 2. The number of para-hydroxylation sites is 2. The largest absolute Gasteiger partial charge is 0.366 e. The molecule has 1 aromatic heterocycles. The van der Waals surface area contributed by atoms with E-state index in [9.17, 15) is 10.1 Å². The predicted octanol–water partition coefficient (Wildman–Crippen LogP) is 3.35. The van der Waals surface area contributed by atoms with E-state index < -0.39 is 0 Å². The van der Waals surface area contributed by atoms with Crippen LogP contribution in [0.4, 0.5) is 5.82 Å². The molecule has 0 aliphatic carbocycles. The molecule has 0 radical (unpaired) electrons.